The van der Waals surface area contributed by atoms with Gasteiger partial charge in [-0.15, -0.1) is 0 Å². The minimum Gasteiger partial charge on any atom is -0.503 e. The number of methoxy groups -OCH3 is 1. The summed E-state index contributed by atoms with van der Waals surface area (Å²) in [6.45, 7) is 6.10. The number of Topliss-reactive ketones (excluding diaryl/α,β-unsaturated/α-hetero) is 1. The number of piperidine rings is 1. The van der Waals surface area contributed by atoms with E-state index >= 15 is 0 Å². The van der Waals surface area contributed by atoms with Crippen LogP contribution in [-0.2, 0) is 0 Å². The summed E-state index contributed by atoms with van der Waals surface area (Å²) in [7, 11) is 3.72. The number of rotatable bonds is 6. The maximum Gasteiger partial charge on any atom is 0.176 e. The Morgan fingerprint density at radius 2 is 1.74 bits per heavy atom. The van der Waals surface area contributed by atoms with Gasteiger partial charge in [-0.3, -0.25) is 14.7 Å². The van der Waals surface area contributed by atoms with E-state index in [2.05, 4.69) is 27.8 Å². The number of carbonyl (C=O) groups excluding carboxylic acids is 1. The highest BCUT2D eigenvalue weighted by atomic mass is 35.5. The number of benzene rings is 2. The number of phenolic OH excluding ortho intramolecular Hbond substituents is 1. The number of carbonyl (C=O) groups is 1. The standard InChI is InChI=1S/C30H35ClN4O3/c1-33-9-7-22(8-10-33)34-11-13-35(14-12-34)28-23-15-20(21-16-25(31)30(37)27(17-21)38-2)5-6-26(23)32-18-24(28)29(36)19-3-4-19/h5-6,15-19,22,37H,3-4,7-14H2,1-2H3. The predicted molar refractivity (Wildman–Crippen MR) is 152 cm³/mol. The van der Waals surface area contributed by atoms with Crippen LogP contribution in [-0.4, -0.2) is 85.1 Å². The van der Waals surface area contributed by atoms with E-state index in [9.17, 15) is 9.90 Å². The number of pyridine rings is 1. The number of halogens is 1. The first kappa shape index (κ1) is 25.4. The summed E-state index contributed by atoms with van der Waals surface area (Å²) in [6, 6.07) is 10.3. The number of likely N-dealkylation sites (tertiary alicyclic amines) is 1. The van der Waals surface area contributed by atoms with Crippen molar-refractivity contribution in [3.63, 3.8) is 0 Å². The summed E-state index contributed by atoms with van der Waals surface area (Å²) in [4.78, 5) is 25.6. The largest absolute Gasteiger partial charge is 0.503 e. The fourth-order valence-electron chi connectivity index (χ4n) is 6.01. The normalized spacial score (nSPS) is 19.7. The molecule has 3 fully saturated rings. The van der Waals surface area contributed by atoms with Crippen molar-refractivity contribution in [2.45, 2.75) is 31.7 Å². The number of aromatic hydroxyl groups is 1. The van der Waals surface area contributed by atoms with Gasteiger partial charge in [0.15, 0.2) is 17.3 Å². The van der Waals surface area contributed by atoms with Crippen LogP contribution in [0.4, 0.5) is 5.69 Å². The molecule has 1 N–H and O–H groups in total. The Bertz CT molecular complexity index is 1360. The van der Waals surface area contributed by atoms with Gasteiger partial charge in [0.05, 0.1) is 28.9 Å². The van der Waals surface area contributed by atoms with Crippen molar-refractivity contribution in [3.05, 3.63) is 47.1 Å². The molecule has 0 unspecified atom stereocenters. The molecule has 1 saturated carbocycles. The van der Waals surface area contributed by atoms with E-state index in [0.717, 1.165) is 85.4 Å². The SMILES string of the molecule is COc1cc(-c2ccc3ncc(C(=O)C4CC4)c(N4CCN(C5CCN(C)CC5)CC4)c3c2)cc(Cl)c1O. The first-order valence-electron chi connectivity index (χ1n) is 13.6. The van der Waals surface area contributed by atoms with E-state index in [-0.39, 0.29) is 22.5 Å². The maximum atomic E-state index is 13.4. The molecule has 2 aliphatic heterocycles. The number of ketones is 1. The van der Waals surface area contributed by atoms with Crippen LogP contribution in [0.15, 0.2) is 36.5 Å². The molecule has 0 atom stereocenters. The molecule has 8 heteroatoms. The van der Waals surface area contributed by atoms with Crippen molar-refractivity contribution >= 4 is 34.0 Å². The quantitative estimate of drug-likeness (QED) is 0.442. The second-order valence-electron chi connectivity index (χ2n) is 11.0. The Morgan fingerprint density at radius 3 is 2.42 bits per heavy atom. The lowest BCUT2D eigenvalue weighted by molar-refractivity contribution is 0.0966. The minimum atomic E-state index is -0.0686. The third kappa shape index (κ3) is 4.83. The van der Waals surface area contributed by atoms with Crippen LogP contribution in [0, 0.1) is 5.92 Å². The van der Waals surface area contributed by atoms with E-state index in [1.54, 1.807) is 18.3 Å². The maximum absolute atomic E-state index is 13.4. The van der Waals surface area contributed by atoms with Gasteiger partial charge < -0.3 is 19.6 Å². The van der Waals surface area contributed by atoms with Gasteiger partial charge in [-0.2, -0.15) is 0 Å². The zero-order valence-corrected chi connectivity index (χ0v) is 22.9. The van der Waals surface area contributed by atoms with Gasteiger partial charge in [-0.1, -0.05) is 17.7 Å². The van der Waals surface area contributed by atoms with E-state index < -0.39 is 0 Å². The van der Waals surface area contributed by atoms with Crippen molar-refractivity contribution in [1.82, 2.24) is 14.8 Å². The smallest absolute Gasteiger partial charge is 0.176 e. The Balaban J connectivity index is 1.37. The molecule has 3 heterocycles. The van der Waals surface area contributed by atoms with Crippen LogP contribution in [0.2, 0.25) is 5.02 Å². The third-order valence-corrected chi connectivity index (χ3v) is 8.76. The number of nitrogens with zero attached hydrogens (tertiary/aromatic N) is 4. The summed E-state index contributed by atoms with van der Waals surface area (Å²) in [5.41, 5.74) is 4.38. The van der Waals surface area contributed by atoms with E-state index in [1.807, 2.05) is 12.1 Å². The number of aromatic nitrogens is 1. The topological polar surface area (TPSA) is 69.1 Å². The van der Waals surface area contributed by atoms with Gasteiger partial charge in [0.25, 0.3) is 0 Å². The number of hydrogen-bond donors (Lipinski definition) is 1. The van der Waals surface area contributed by atoms with E-state index in [0.29, 0.717) is 11.8 Å². The van der Waals surface area contributed by atoms with Gasteiger partial charge in [-0.25, -0.2) is 0 Å². The minimum absolute atomic E-state index is 0.0686. The van der Waals surface area contributed by atoms with Crippen molar-refractivity contribution in [1.29, 1.82) is 0 Å². The highest BCUT2D eigenvalue weighted by molar-refractivity contribution is 6.32. The zero-order valence-electron chi connectivity index (χ0n) is 22.1. The Labute approximate surface area is 228 Å². The first-order chi connectivity index (χ1) is 18.4. The van der Waals surface area contributed by atoms with Crippen LogP contribution < -0.4 is 9.64 Å². The van der Waals surface area contributed by atoms with Gasteiger partial charge in [0, 0.05) is 49.7 Å². The molecule has 2 saturated heterocycles. The molecule has 200 valence electrons. The van der Waals surface area contributed by atoms with Gasteiger partial charge in [-0.05, 0) is 81.2 Å². The fraction of sp³-hybridized carbons (Fsp3) is 0.467. The number of anilines is 1. The van der Waals surface area contributed by atoms with E-state index in [1.165, 1.54) is 20.0 Å². The molecule has 3 aliphatic rings. The molecule has 38 heavy (non-hydrogen) atoms. The van der Waals surface area contributed by atoms with Crippen LogP contribution in [0.5, 0.6) is 11.5 Å². The summed E-state index contributed by atoms with van der Waals surface area (Å²) < 4.78 is 5.34. The first-order valence-corrected chi connectivity index (χ1v) is 14.0. The number of hydrogen-bond acceptors (Lipinski definition) is 7. The average Bonchev–Trinajstić information content (AvgIpc) is 3.79. The third-order valence-electron chi connectivity index (χ3n) is 8.47. The van der Waals surface area contributed by atoms with Crippen molar-refractivity contribution in [3.8, 4) is 22.6 Å². The Kier molecular flexibility index (Phi) is 6.93. The van der Waals surface area contributed by atoms with Gasteiger partial charge in [0.2, 0.25) is 0 Å². The molecule has 0 spiro atoms. The Hall–Kier alpha value is -2.87. The molecule has 2 aromatic carbocycles. The van der Waals surface area contributed by atoms with Gasteiger partial charge in [0.1, 0.15) is 0 Å². The molecule has 1 aromatic heterocycles. The monoisotopic (exact) mass is 534 g/mol. The van der Waals surface area contributed by atoms with Crippen LogP contribution in [0.1, 0.15) is 36.0 Å². The van der Waals surface area contributed by atoms with Crippen molar-refractivity contribution in [2.75, 3.05) is 58.3 Å². The lowest BCUT2D eigenvalue weighted by Crippen LogP contribution is -2.53. The van der Waals surface area contributed by atoms with Crippen molar-refractivity contribution < 1.29 is 14.6 Å². The molecule has 0 radical (unpaired) electrons. The highest BCUT2D eigenvalue weighted by Gasteiger charge is 2.35. The average molecular weight is 535 g/mol. The molecule has 7 nitrogen and oxygen atoms in total. The molecule has 0 amide bonds. The Morgan fingerprint density at radius 1 is 1.00 bits per heavy atom. The fourth-order valence-corrected chi connectivity index (χ4v) is 6.22. The molecular formula is C30H35ClN4O3. The summed E-state index contributed by atoms with van der Waals surface area (Å²) >= 11 is 6.31. The second kappa shape index (κ2) is 10.4. The number of ether oxygens (including phenoxy) is 1. The molecular weight excluding hydrogens is 500 g/mol. The highest BCUT2D eigenvalue weighted by Crippen LogP contribution is 2.42. The zero-order chi connectivity index (χ0) is 26.4. The summed E-state index contributed by atoms with van der Waals surface area (Å²) in [6.07, 6.45) is 6.17. The van der Waals surface area contributed by atoms with Crippen molar-refractivity contribution in [2.24, 2.45) is 5.92 Å². The molecule has 6 rings (SSSR count). The van der Waals surface area contributed by atoms with Gasteiger partial charge >= 0.3 is 0 Å². The number of piperazine rings is 1. The number of phenols is 1. The van der Waals surface area contributed by atoms with Crippen LogP contribution in [0.3, 0.4) is 0 Å². The molecule has 3 aromatic rings. The van der Waals surface area contributed by atoms with E-state index in [4.69, 9.17) is 21.3 Å². The lowest BCUT2D eigenvalue weighted by atomic mass is 9.97. The van der Waals surface area contributed by atoms with Crippen LogP contribution >= 0.6 is 11.6 Å². The number of fused-ring (bicyclic) bond motifs is 1. The summed E-state index contributed by atoms with van der Waals surface area (Å²) in [5.74, 6) is 0.596. The second-order valence-corrected chi connectivity index (χ2v) is 11.4. The summed E-state index contributed by atoms with van der Waals surface area (Å²) in [5, 5.41) is 11.4. The van der Waals surface area contributed by atoms with Crippen LogP contribution in [0.25, 0.3) is 22.0 Å². The predicted octanol–water partition coefficient (Wildman–Crippen LogP) is 5.08. The molecule has 0 bridgehead atoms. The molecule has 1 aliphatic carbocycles. The lowest BCUT2D eigenvalue weighted by Gasteiger charge is -2.43.